The normalized spacial score (nSPS) is 18.2. The van der Waals surface area contributed by atoms with Crippen molar-refractivity contribution in [1.82, 2.24) is 34.0 Å². The molecule has 0 spiro atoms. The van der Waals surface area contributed by atoms with Crippen LogP contribution in [0.3, 0.4) is 0 Å². The molecule has 0 unspecified atom stereocenters. The predicted molar refractivity (Wildman–Crippen MR) is 148 cm³/mol. The number of hydrogen-bond acceptors (Lipinski definition) is 8. The van der Waals surface area contributed by atoms with Gasteiger partial charge in [0.1, 0.15) is 11.6 Å². The molecule has 202 valence electrons. The molecule has 0 N–H and O–H groups in total. The van der Waals surface area contributed by atoms with Gasteiger partial charge < -0.3 is 18.9 Å². The number of imidazole rings is 2. The molecule has 0 bridgehead atoms. The molecule has 5 heterocycles. The van der Waals surface area contributed by atoms with Gasteiger partial charge in [0, 0.05) is 27.2 Å². The summed E-state index contributed by atoms with van der Waals surface area (Å²) in [5, 5.41) is 0. The van der Waals surface area contributed by atoms with Gasteiger partial charge in [-0.2, -0.15) is 9.97 Å². The zero-order valence-corrected chi connectivity index (χ0v) is 23.1. The molecule has 0 radical (unpaired) electrons. The molecule has 38 heavy (non-hydrogen) atoms. The number of nitrogens with zero attached hydrogens (tertiary/aromatic N) is 8. The van der Waals surface area contributed by atoms with Gasteiger partial charge in [-0.25, -0.2) is 9.97 Å². The Morgan fingerprint density at radius 2 is 1.74 bits per heavy atom. The number of para-hydroxylation sites is 2. The molecule has 0 saturated carbocycles. The summed E-state index contributed by atoms with van der Waals surface area (Å²) in [6, 6.07) is 8.13. The first-order valence-corrected chi connectivity index (χ1v) is 13.6. The molecule has 10 heteroatoms. The Hall–Kier alpha value is -3.08. The lowest BCUT2D eigenvalue weighted by atomic mass is 9.83. The molecule has 1 aromatic carbocycles. The van der Waals surface area contributed by atoms with Crippen LogP contribution in [-0.2, 0) is 23.1 Å². The molecule has 0 amide bonds. The molecular formula is C28H38N8O2. The Bertz CT molecular complexity index is 1440. The number of morpholine rings is 1. The van der Waals surface area contributed by atoms with Crippen LogP contribution in [0.5, 0.6) is 0 Å². The lowest BCUT2D eigenvalue weighted by molar-refractivity contribution is -0.0495. The zero-order valence-electron chi connectivity index (χ0n) is 23.1. The molecule has 3 aromatic heterocycles. The van der Waals surface area contributed by atoms with Crippen LogP contribution in [0, 0.1) is 12.8 Å². The van der Waals surface area contributed by atoms with Crippen molar-refractivity contribution >= 4 is 28.0 Å². The third-order valence-corrected chi connectivity index (χ3v) is 8.48. The van der Waals surface area contributed by atoms with Crippen LogP contribution in [0.25, 0.3) is 28.1 Å². The second-order valence-electron chi connectivity index (χ2n) is 11.0. The Morgan fingerprint density at radius 3 is 2.47 bits per heavy atom. The summed E-state index contributed by atoms with van der Waals surface area (Å²) in [5.74, 6) is 3.94. The first kappa shape index (κ1) is 25.2. The van der Waals surface area contributed by atoms with Crippen molar-refractivity contribution in [3.8, 4) is 5.95 Å². The van der Waals surface area contributed by atoms with Crippen molar-refractivity contribution in [2.45, 2.75) is 45.8 Å². The fraction of sp³-hybridized carbons (Fsp3) is 0.571. The summed E-state index contributed by atoms with van der Waals surface area (Å²) in [6.45, 7) is 12.2. The topological polar surface area (TPSA) is 86.4 Å². The van der Waals surface area contributed by atoms with Gasteiger partial charge in [0.2, 0.25) is 5.95 Å². The van der Waals surface area contributed by atoms with Crippen molar-refractivity contribution in [3.05, 3.63) is 35.9 Å². The average molecular weight is 519 g/mol. The van der Waals surface area contributed by atoms with E-state index in [1.165, 1.54) is 0 Å². The van der Waals surface area contributed by atoms with Gasteiger partial charge in [0.05, 0.1) is 36.4 Å². The van der Waals surface area contributed by atoms with Crippen molar-refractivity contribution in [2.75, 3.05) is 51.4 Å². The SMILES string of the molecule is COC(C)(C)C1CCN(Cc2nc3c(N4CCOCC4)nc(-n4c(C)nc5ccccc54)nc3n2C)CC1. The number of anilines is 1. The van der Waals surface area contributed by atoms with Crippen molar-refractivity contribution in [2.24, 2.45) is 13.0 Å². The standard InChI is InChI=1S/C28H38N8O2/c1-19-29-21-8-6-7-9-22(21)36(19)27-31-25-24(26(32-27)35-14-16-38-17-15-35)30-23(33(25)4)18-34-12-10-20(11-13-34)28(2,3)37-5/h6-9,20H,10-18H2,1-5H3. The maximum Gasteiger partial charge on any atom is 0.239 e. The number of ether oxygens (including phenoxy) is 2. The second-order valence-corrected chi connectivity index (χ2v) is 11.0. The number of hydrogen-bond donors (Lipinski definition) is 0. The number of likely N-dealkylation sites (tertiary alicyclic amines) is 1. The monoisotopic (exact) mass is 518 g/mol. The summed E-state index contributed by atoms with van der Waals surface area (Å²) in [4.78, 5) is 24.8. The number of rotatable bonds is 6. The molecule has 6 rings (SSSR count). The van der Waals surface area contributed by atoms with Gasteiger partial charge in [-0.05, 0) is 64.8 Å². The van der Waals surface area contributed by atoms with Crippen LogP contribution in [-0.4, -0.2) is 86.1 Å². The largest absolute Gasteiger partial charge is 0.379 e. The van der Waals surface area contributed by atoms with Crippen LogP contribution < -0.4 is 4.90 Å². The minimum Gasteiger partial charge on any atom is -0.379 e. The number of piperidine rings is 1. The van der Waals surface area contributed by atoms with E-state index in [0.29, 0.717) is 25.1 Å². The summed E-state index contributed by atoms with van der Waals surface area (Å²) in [5.41, 5.74) is 3.55. The van der Waals surface area contributed by atoms with E-state index in [-0.39, 0.29) is 5.60 Å². The minimum atomic E-state index is -0.0847. The number of fused-ring (bicyclic) bond motifs is 2. The number of benzene rings is 1. The molecule has 2 aliphatic rings. The van der Waals surface area contributed by atoms with E-state index in [9.17, 15) is 0 Å². The molecule has 2 fully saturated rings. The van der Waals surface area contributed by atoms with Crippen LogP contribution in [0.15, 0.2) is 24.3 Å². The van der Waals surface area contributed by atoms with Crippen molar-refractivity contribution in [1.29, 1.82) is 0 Å². The third kappa shape index (κ3) is 4.44. The number of methoxy groups -OCH3 is 1. The molecule has 2 saturated heterocycles. The highest BCUT2D eigenvalue weighted by Gasteiger charge is 2.33. The Morgan fingerprint density at radius 1 is 1.00 bits per heavy atom. The van der Waals surface area contributed by atoms with E-state index in [1.54, 1.807) is 0 Å². The van der Waals surface area contributed by atoms with E-state index in [0.717, 1.165) is 85.2 Å². The maximum absolute atomic E-state index is 5.77. The van der Waals surface area contributed by atoms with E-state index in [2.05, 4.69) is 41.3 Å². The number of aromatic nitrogens is 6. The van der Waals surface area contributed by atoms with E-state index in [4.69, 9.17) is 29.4 Å². The second kappa shape index (κ2) is 9.91. The van der Waals surface area contributed by atoms with Gasteiger partial charge >= 0.3 is 0 Å². The highest BCUT2D eigenvalue weighted by Crippen LogP contribution is 2.32. The molecular weight excluding hydrogens is 480 g/mol. The fourth-order valence-corrected chi connectivity index (χ4v) is 5.87. The lowest BCUT2D eigenvalue weighted by Crippen LogP contribution is -2.42. The van der Waals surface area contributed by atoms with Crippen LogP contribution in [0.1, 0.15) is 38.3 Å². The average Bonchev–Trinajstić information content (AvgIpc) is 3.44. The molecule has 0 atom stereocenters. The number of aryl methyl sites for hydroxylation is 2. The van der Waals surface area contributed by atoms with Gasteiger partial charge in [-0.3, -0.25) is 9.47 Å². The zero-order chi connectivity index (χ0) is 26.4. The Kier molecular flexibility index (Phi) is 6.57. The van der Waals surface area contributed by atoms with Gasteiger partial charge in [-0.1, -0.05) is 12.1 Å². The van der Waals surface area contributed by atoms with Gasteiger partial charge in [-0.15, -0.1) is 0 Å². The summed E-state index contributed by atoms with van der Waals surface area (Å²) < 4.78 is 15.6. The molecule has 2 aliphatic heterocycles. The van der Waals surface area contributed by atoms with E-state index >= 15 is 0 Å². The van der Waals surface area contributed by atoms with Crippen molar-refractivity contribution in [3.63, 3.8) is 0 Å². The molecule has 0 aliphatic carbocycles. The Labute approximate surface area is 223 Å². The fourth-order valence-electron chi connectivity index (χ4n) is 5.87. The minimum absolute atomic E-state index is 0.0847. The molecule has 10 nitrogen and oxygen atoms in total. The summed E-state index contributed by atoms with van der Waals surface area (Å²) in [7, 11) is 3.89. The van der Waals surface area contributed by atoms with Gasteiger partial charge in [0.15, 0.2) is 17.0 Å². The van der Waals surface area contributed by atoms with E-state index in [1.807, 2.05) is 36.8 Å². The third-order valence-electron chi connectivity index (χ3n) is 8.48. The maximum atomic E-state index is 5.77. The quantitative estimate of drug-likeness (QED) is 0.384. The first-order valence-electron chi connectivity index (χ1n) is 13.6. The van der Waals surface area contributed by atoms with Crippen molar-refractivity contribution < 1.29 is 9.47 Å². The van der Waals surface area contributed by atoms with Crippen LogP contribution >= 0.6 is 0 Å². The highest BCUT2D eigenvalue weighted by molar-refractivity contribution is 5.86. The summed E-state index contributed by atoms with van der Waals surface area (Å²) >= 11 is 0. The first-order chi connectivity index (χ1) is 18.4. The van der Waals surface area contributed by atoms with Crippen LogP contribution in [0.4, 0.5) is 5.82 Å². The van der Waals surface area contributed by atoms with Crippen LogP contribution in [0.2, 0.25) is 0 Å². The lowest BCUT2D eigenvalue weighted by Gasteiger charge is -2.39. The molecule has 4 aromatic rings. The highest BCUT2D eigenvalue weighted by atomic mass is 16.5. The van der Waals surface area contributed by atoms with E-state index < -0.39 is 0 Å². The smallest absolute Gasteiger partial charge is 0.239 e. The Balaban J connectivity index is 1.38. The predicted octanol–water partition coefficient (Wildman–Crippen LogP) is 3.48. The summed E-state index contributed by atoms with van der Waals surface area (Å²) in [6.07, 6.45) is 2.25. The van der Waals surface area contributed by atoms with Gasteiger partial charge in [0.25, 0.3) is 0 Å².